The Labute approximate surface area is 187 Å². The molecule has 2 fully saturated rings. The van der Waals surface area contributed by atoms with Crippen molar-refractivity contribution in [1.29, 1.82) is 0 Å². The summed E-state index contributed by atoms with van der Waals surface area (Å²) in [5.41, 5.74) is 2.95. The third-order valence-electron chi connectivity index (χ3n) is 6.72. The second-order valence-electron chi connectivity index (χ2n) is 9.22. The van der Waals surface area contributed by atoms with Crippen LogP contribution in [0, 0.1) is 26.6 Å². The Morgan fingerprint density at radius 2 is 1.97 bits per heavy atom. The molecule has 1 N–H and O–H groups in total. The molecule has 1 aromatic carbocycles. The lowest BCUT2D eigenvalue weighted by Crippen LogP contribution is -2.50. The number of halogens is 1. The molecule has 0 aliphatic carbocycles. The van der Waals surface area contributed by atoms with E-state index in [4.69, 9.17) is 14.2 Å². The van der Waals surface area contributed by atoms with Crippen molar-refractivity contribution in [3.05, 3.63) is 34.9 Å². The third-order valence-corrected chi connectivity index (χ3v) is 6.72. The topological polar surface area (TPSA) is 76.3 Å². The third kappa shape index (κ3) is 3.86. The van der Waals surface area contributed by atoms with Crippen LogP contribution in [0.15, 0.2) is 16.7 Å². The van der Waals surface area contributed by atoms with E-state index < -0.39 is 0 Å². The smallest absolute Gasteiger partial charge is 0.261 e. The minimum absolute atomic E-state index is 0.226. The van der Waals surface area contributed by atoms with Gasteiger partial charge in [0.15, 0.2) is 5.82 Å². The fraction of sp³-hybridized carbons (Fsp3) is 0.542. The summed E-state index contributed by atoms with van der Waals surface area (Å²) in [7, 11) is 0. The van der Waals surface area contributed by atoms with Gasteiger partial charge >= 0.3 is 0 Å². The van der Waals surface area contributed by atoms with Crippen molar-refractivity contribution in [1.82, 2.24) is 20.4 Å². The first-order valence-corrected chi connectivity index (χ1v) is 11.4. The van der Waals surface area contributed by atoms with Crippen LogP contribution in [0.25, 0.3) is 22.4 Å². The van der Waals surface area contributed by atoms with E-state index in [2.05, 4.69) is 27.3 Å². The van der Waals surface area contributed by atoms with Gasteiger partial charge in [-0.25, -0.2) is 9.37 Å². The molecule has 2 aromatic heterocycles. The summed E-state index contributed by atoms with van der Waals surface area (Å²) >= 11 is 0. The minimum atomic E-state index is -0.303. The van der Waals surface area contributed by atoms with E-state index in [0.29, 0.717) is 29.3 Å². The molecule has 1 unspecified atom stereocenters. The Kier molecular flexibility index (Phi) is 5.59. The number of rotatable bonds is 4. The predicted molar refractivity (Wildman–Crippen MR) is 121 cm³/mol. The molecule has 0 radical (unpaired) electrons. The van der Waals surface area contributed by atoms with Crippen LogP contribution in [0.5, 0.6) is 0 Å². The molecule has 8 heteroatoms. The van der Waals surface area contributed by atoms with E-state index in [9.17, 15) is 4.39 Å². The van der Waals surface area contributed by atoms with E-state index in [-0.39, 0.29) is 11.9 Å². The molecule has 2 aliphatic rings. The number of hydrogen-bond donors (Lipinski definition) is 1. The zero-order valence-corrected chi connectivity index (χ0v) is 19.1. The quantitative estimate of drug-likeness (QED) is 0.656. The summed E-state index contributed by atoms with van der Waals surface area (Å²) in [5, 5.41) is 8.53. The van der Waals surface area contributed by atoms with E-state index in [1.165, 1.54) is 0 Å². The van der Waals surface area contributed by atoms with E-state index in [1.54, 1.807) is 13.0 Å². The molecule has 0 saturated carbocycles. The highest BCUT2D eigenvalue weighted by Crippen LogP contribution is 2.39. The summed E-state index contributed by atoms with van der Waals surface area (Å²) in [5.74, 6) is 1.41. The number of ether oxygens (including phenoxy) is 1. The van der Waals surface area contributed by atoms with Gasteiger partial charge in [-0.05, 0) is 70.2 Å². The molecule has 0 bridgehead atoms. The fourth-order valence-corrected chi connectivity index (χ4v) is 5.10. The Morgan fingerprint density at radius 3 is 2.66 bits per heavy atom. The van der Waals surface area contributed by atoms with Gasteiger partial charge in [0.05, 0.1) is 12.2 Å². The van der Waals surface area contributed by atoms with Gasteiger partial charge in [0.2, 0.25) is 0 Å². The van der Waals surface area contributed by atoms with Crippen molar-refractivity contribution < 1.29 is 13.7 Å². The number of anilines is 1. The molecular formula is C24H30FN5O2. The number of aromatic nitrogens is 3. The standard InChI is InChI=1S/C24H30FN5O2/c1-13-9-19-15(3)21(24-26-16(4)29-32-24)23(28-22(19)20(25)10-13)30-7-5-17(11-14(30)2)27-18-6-8-31-12-18/h9-10,14,17-18,27H,5-8,11-12H2,1-4H3/t14-,17?,18-/m1/s1. The van der Waals surface area contributed by atoms with Crippen LogP contribution < -0.4 is 10.2 Å². The number of hydrogen-bond acceptors (Lipinski definition) is 7. The highest BCUT2D eigenvalue weighted by Gasteiger charge is 2.32. The normalized spacial score (nSPS) is 23.9. The van der Waals surface area contributed by atoms with Crippen LogP contribution in [-0.4, -0.2) is 53.0 Å². The van der Waals surface area contributed by atoms with Gasteiger partial charge in [0, 0.05) is 36.7 Å². The maximum atomic E-state index is 14.9. The van der Waals surface area contributed by atoms with Gasteiger partial charge in [-0.2, -0.15) is 4.98 Å². The Hall–Kier alpha value is -2.58. The number of nitrogens with zero attached hydrogens (tertiary/aromatic N) is 4. The molecule has 2 saturated heterocycles. The van der Waals surface area contributed by atoms with Crippen molar-refractivity contribution in [3.63, 3.8) is 0 Å². The molecule has 4 heterocycles. The first kappa shape index (κ1) is 21.3. The van der Waals surface area contributed by atoms with E-state index in [0.717, 1.165) is 66.9 Å². The van der Waals surface area contributed by atoms with E-state index in [1.807, 2.05) is 19.9 Å². The van der Waals surface area contributed by atoms with Crippen LogP contribution in [-0.2, 0) is 4.74 Å². The molecule has 5 rings (SSSR count). The first-order valence-electron chi connectivity index (χ1n) is 11.4. The zero-order chi connectivity index (χ0) is 22.4. The molecule has 7 nitrogen and oxygen atoms in total. The lowest BCUT2D eigenvalue weighted by molar-refractivity contribution is 0.185. The van der Waals surface area contributed by atoms with Gasteiger partial charge in [-0.15, -0.1) is 0 Å². The van der Waals surface area contributed by atoms with Crippen molar-refractivity contribution >= 4 is 16.7 Å². The monoisotopic (exact) mass is 439 g/mol. The summed E-state index contributed by atoms with van der Waals surface area (Å²) in [4.78, 5) is 11.6. The SMILES string of the molecule is Cc1cc(F)c2nc(N3CCC(N[C@@H]4CCOC4)C[C@H]3C)c(-c3nc(C)no3)c(C)c2c1. The molecule has 3 atom stereocenters. The van der Waals surface area contributed by atoms with Gasteiger partial charge in [-0.1, -0.05) is 5.16 Å². The van der Waals surface area contributed by atoms with Crippen molar-refractivity contribution in [2.75, 3.05) is 24.7 Å². The number of piperidine rings is 1. The highest BCUT2D eigenvalue weighted by molar-refractivity contribution is 5.93. The van der Waals surface area contributed by atoms with Crippen LogP contribution in [0.2, 0.25) is 0 Å². The molecular weight excluding hydrogens is 409 g/mol. The average molecular weight is 440 g/mol. The Bertz CT molecular complexity index is 1140. The minimum Gasteiger partial charge on any atom is -0.380 e. The van der Waals surface area contributed by atoms with Crippen LogP contribution in [0.3, 0.4) is 0 Å². The largest absolute Gasteiger partial charge is 0.380 e. The first-order chi connectivity index (χ1) is 15.4. The molecule has 170 valence electrons. The van der Waals surface area contributed by atoms with Crippen LogP contribution >= 0.6 is 0 Å². The number of aryl methyl sites for hydroxylation is 3. The summed E-state index contributed by atoms with van der Waals surface area (Å²) < 4.78 is 26.0. The second kappa shape index (κ2) is 8.41. The highest BCUT2D eigenvalue weighted by atomic mass is 19.1. The second-order valence-corrected chi connectivity index (χ2v) is 9.22. The molecule has 0 spiro atoms. The zero-order valence-electron chi connectivity index (χ0n) is 19.1. The number of pyridine rings is 1. The predicted octanol–water partition coefficient (Wildman–Crippen LogP) is 4.08. The van der Waals surface area contributed by atoms with Crippen molar-refractivity contribution in [2.45, 2.75) is 65.1 Å². The number of benzene rings is 1. The van der Waals surface area contributed by atoms with Crippen molar-refractivity contribution in [3.8, 4) is 11.5 Å². The maximum Gasteiger partial charge on any atom is 0.261 e. The maximum absolute atomic E-state index is 14.9. The summed E-state index contributed by atoms with van der Waals surface area (Å²) in [6, 6.07) is 4.61. The number of fused-ring (bicyclic) bond motifs is 1. The van der Waals surface area contributed by atoms with Crippen LogP contribution in [0.4, 0.5) is 10.2 Å². The van der Waals surface area contributed by atoms with Gasteiger partial charge in [0.25, 0.3) is 5.89 Å². The molecule has 3 aromatic rings. The Balaban J connectivity index is 1.55. The van der Waals surface area contributed by atoms with Gasteiger partial charge in [0.1, 0.15) is 17.2 Å². The van der Waals surface area contributed by atoms with Gasteiger partial charge in [-0.3, -0.25) is 0 Å². The van der Waals surface area contributed by atoms with E-state index >= 15 is 0 Å². The fourth-order valence-electron chi connectivity index (χ4n) is 5.10. The molecule has 2 aliphatic heterocycles. The average Bonchev–Trinajstić information content (AvgIpc) is 3.40. The number of nitrogens with one attached hydrogen (secondary N) is 1. The lowest BCUT2D eigenvalue weighted by Gasteiger charge is -2.40. The molecule has 0 amide bonds. The van der Waals surface area contributed by atoms with Gasteiger partial charge < -0.3 is 19.5 Å². The molecule has 32 heavy (non-hydrogen) atoms. The lowest BCUT2D eigenvalue weighted by atomic mass is 9.95. The Morgan fingerprint density at radius 1 is 1.12 bits per heavy atom. The van der Waals surface area contributed by atoms with Crippen LogP contribution in [0.1, 0.15) is 43.1 Å². The summed E-state index contributed by atoms with van der Waals surface area (Å²) in [6.45, 7) is 10.3. The summed E-state index contributed by atoms with van der Waals surface area (Å²) in [6.07, 6.45) is 3.03. The van der Waals surface area contributed by atoms with Crippen molar-refractivity contribution in [2.24, 2.45) is 0 Å².